The van der Waals surface area contributed by atoms with Crippen LogP contribution in [0.4, 0.5) is 0 Å². The van der Waals surface area contributed by atoms with E-state index in [1.807, 2.05) is 6.07 Å². The standard InChI is InChI=1S/C10H6N4/c11-4-3-9(8(6-12)7-13)10-2-1-5-14-10/h1-2,5,14H,3H2. The summed E-state index contributed by atoms with van der Waals surface area (Å²) in [5.41, 5.74) is 1.07. The van der Waals surface area contributed by atoms with Crippen LogP contribution < -0.4 is 0 Å². The fraction of sp³-hybridized carbons (Fsp3) is 0.100. The van der Waals surface area contributed by atoms with Crippen LogP contribution in [0.1, 0.15) is 12.1 Å². The summed E-state index contributed by atoms with van der Waals surface area (Å²) in [5, 5.41) is 25.9. The molecular weight excluding hydrogens is 176 g/mol. The lowest BCUT2D eigenvalue weighted by Gasteiger charge is -1.98. The third kappa shape index (κ3) is 1.80. The Morgan fingerprint density at radius 3 is 2.43 bits per heavy atom. The smallest absolute Gasteiger partial charge is 0.135 e. The molecule has 0 saturated heterocycles. The van der Waals surface area contributed by atoms with E-state index >= 15 is 0 Å². The molecule has 4 nitrogen and oxygen atoms in total. The molecule has 0 spiro atoms. The minimum atomic E-state index is -0.0194. The zero-order chi connectivity index (χ0) is 10.4. The summed E-state index contributed by atoms with van der Waals surface area (Å²) in [7, 11) is 0. The maximum Gasteiger partial charge on any atom is 0.135 e. The lowest BCUT2D eigenvalue weighted by Crippen LogP contribution is -1.88. The van der Waals surface area contributed by atoms with E-state index in [4.69, 9.17) is 15.8 Å². The Morgan fingerprint density at radius 2 is 2.00 bits per heavy atom. The first kappa shape index (κ1) is 9.58. The van der Waals surface area contributed by atoms with Crippen molar-refractivity contribution < 1.29 is 0 Å². The third-order valence-electron chi connectivity index (χ3n) is 1.70. The predicted octanol–water partition coefficient (Wildman–Crippen LogP) is 1.73. The number of aromatic nitrogens is 1. The van der Waals surface area contributed by atoms with Crippen molar-refractivity contribution >= 4 is 5.57 Å². The molecule has 0 bridgehead atoms. The Morgan fingerprint density at radius 1 is 1.29 bits per heavy atom. The van der Waals surface area contributed by atoms with Crippen LogP contribution in [-0.2, 0) is 0 Å². The molecule has 0 aliphatic carbocycles. The van der Waals surface area contributed by atoms with Crippen molar-refractivity contribution in [1.29, 1.82) is 15.8 Å². The van der Waals surface area contributed by atoms with Gasteiger partial charge >= 0.3 is 0 Å². The van der Waals surface area contributed by atoms with E-state index in [-0.39, 0.29) is 12.0 Å². The fourth-order valence-electron chi connectivity index (χ4n) is 1.08. The fourth-order valence-corrected chi connectivity index (χ4v) is 1.08. The summed E-state index contributed by atoms with van der Waals surface area (Å²) < 4.78 is 0. The number of nitriles is 3. The second-order valence-corrected chi connectivity index (χ2v) is 2.50. The van der Waals surface area contributed by atoms with E-state index in [0.29, 0.717) is 11.3 Å². The Hall–Kier alpha value is -2.51. The summed E-state index contributed by atoms with van der Waals surface area (Å²) in [5.74, 6) is 0. The summed E-state index contributed by atoms with van der Waals surface area (Å²) >= 11 is 0. The summed E-state index contributed by atoms with van der Waals surface area (Å²) in [4.78, 5) is 2.86. The maximum atomic E-state index is 8.67. The largest absolute Gasteiger partial charge is 0.361 e. The van der Waals surface area contributed by atoms with Crippen LogP contribution in [0.3, 0.4) is 0 Å². The molecule has 0 fully saturated rings. The molecule has 1 N–H and O–H groups in total. The van der Waals surface area contributed by atoms with Gasteiger partial charge in [0.1, 0.15) is 17.7 Å². The summed E-state index contributed by atoms with van der Waals surface area (Å²) in [6.07, 6.45) is 1.73. The Bertz CT molecular complexity index is 444. The van der Waals surface area contributed by atoms with Gasteiger partial charge in [-0.25, -0.2) is 0 Å². The number of allylic oxidation sites excluding steroid dienone is 2. The zero-order valence-electron chi connectivity index (χ0n) is 7.28. The van der Waals surface area contributed by atoms with Crippen molar-refractivity contribution in [3.8, 4) is 18.2 Å². The van der Waals surface area contributed by atoms with Crippen molar-refractivity contribution in [2.24, 2.45) is 0 Å². The van der Waals surface area contributed by atoms with Gasteiger partial charge in [-0.1, -0.05) is 0 Å². The SMILES string of the molecule is N#CCC(=C(C#N)C#N)c1ccc[nH]1. The minimum absolute atomic E-state index is 0.0194. The van der Waals surface area contributed by atoms with E-state index in [9.17, 15) is 0 Å². The topological polar surface area (TPSA) is 87.2 Å². The van der Waals surface area contributed by atoms with Crippen LogP contribution in [-0.4, -0.2) is 4.98 Å². The molecule has 0 aliphatic heterocycles. The number of hydrogen-bond donors (Lipinski definition) is 1. The van der Waals surface area contributed by atoms with Crippen LogP contribution in [0.25, 0.3) is 5.57 Å². The first-order chi connectivity index (χ1) is 6.83. The number of nitrogens with one attached hydrogen (secondary N) is 1. The van der Waals surface area contributed by atoms with Crippen molar-refractivity contribution in [3.63, 3.8) is 0 Å². The first-order valence-electron chi connectivity index (χ1n) is 3.87. The van der Waals surface area contributed by atoms with E-state index in [1.54, 1.807) is 30.5 Å². The second kappa shape index (κ2) is 4.50. The normalized spacial score (nSPS) is 8.07. The van der Waals surface area contributed by atoms with Gasteiger partial charge in [0.25, 0.3) is 0 Å². The second-order valence-electron chi connectivity index (χ2n) is 2.50. The molecule has 66 valence electrons. The monoisotopic (exact) mass is 182 g/mol. The summed E-state index contributed by atoms with van der Waals surface area (Å²) in [6.45, 7) is 0. The van der Waals surface area contributed by atoms with E-state index in [0.717, 1.165) is 0 Å². The molecule has 1 aromatic rings. The van der Waals surface area contributed by atoms with E-state index < -0.39 is 0 Å². The molecule has 0 atom stereocenters. The molecule has 1 heterocycles. The average molecular weight is 182 g/mol. The van der Waals surface area contributed by atoms with Crippen molar-refractivity contribution in [3.05, 3.63) is 29.6 Å². The number of rotatable bonds is 2. The summed E-state index contributed by atoms with van der Waals surface area (Å²) in [6, 6.07) is 8.94. The molecule has 0 amide bonds. The van der Waals surface area contributed by atoms with Gasteiger partial charge in [0.15, 0.2) is 0 Å². The molecule has 0 aromatic carbocycles. The molecule has 0 radical (unpaired) electrons. The molecule has 4 heteroatoms. The highest BCUT2D eigenvalue weighted by Gasteiger charge is 2.08. The highest BCUT2D eigenvalue weighted by Crippen LogP contribution is 2.19. The van der Waals surface area contributed by atoms with Gasteiger partial charge in [-0.15, -0.1) is 0 Å². The Kier molecular flexibility index (Phi) is 3.08. The molecule has 1 aromatic heterocycles. The van der Waals surface area contributed by atoms with Crippen LogP contribution in [0.5, 0.6) is 0 Å². The first-order valence-corrected chi connectivity index (χ1v) is 3.87. The number of H-pyrrole nitrogens is 1. The zero-order valence-corrected chi connectivity index (χ0v) is 7.28. The number of nitrogens with zero attached hydrogens (tertiary/aromatic N) is 3. The van der Waals surface area contributed by atoms with Gasteiger partial charge in [-0.05, 0) is 12.1 Å². The molecule has 1 rings (SSSR count). The quantitative estimate of drug-likeness (QED) is 0.706. The molecule has 0 unspecified atom stereocenters. The third-order valence-corrected chi connectivity index (χ3v) is 1.70. The van der Waals surface area contributed by atoms with Crippen LogP contribution in [0, 0.1) is 34.0 Å². The van der Waals surface area contributed by atoms with Gasteiger partial charge in [-0.3, -0.25) is 0 Å². The highest BCUT2D eigenvalue weighted by atomic mass is 14.7. The van der Waals surface area contributed by atoms with Gasteiger partial charge in [0, 0.05) is 17.5 Å². The van der Waals surface area contributed by atoms with E-state index in [1.165, 1.54) is 0 Å². The Labute approximate surface area is 81.3 Å². The van der Waals surface area contributed by atoms with Crippen molar-refractivity contribution in [1.82, 2.24) is 4.98 Å². The van der Waals surface area contributed by atoms with Crippen LogP contribution in [0.15, 0.2) is 23.9 Å². The van der Waals surface area contributed by atoms with Gasteiger partial charge in [0.2, 0.25) is 0 Å². The van der Waals surface area contributed by atoms with Crippen molar-refractivity contribution in [2.45, 2.75) is 6.42 Å². The van der Waals surface area contributed by atoms with Gasteiger partial charge in [-0.2, -0.15) is 15.8 Å². The highest BCUT2D eigenvalue weighted by molar-refractivity contribution is 5.74. The van der Waals surface area contributed by atoms with E-state index in [2.05, 4.69) is 4.98 Å². The molecule has 14 heavy (non-hydrogen) atoms. The predicted molar refractivity (Wildman–Crippen MR) is 49.2 cm³/mol. The minimum Gasteiger partial charge on any atom is -0.361 e. The van der Waals surface area contributed by atoms with Crippen molar-refractivity contribution in [2.75, 3.05) is 0 Å². The van der Waals surface area contributed by atoms with Crippen LogP contribution >= 0.6 is 0 Å². The lowest BCUT2D eigenvalue weighted by atomic mass is 10.0. The van der Waals surface area contributed by atoms with Crippen LogP contribution in [0.2, 0.25) is 0 Å². The average Bonchev–Trinajstić information content (AvgIpc) is 2.71. The molecule has 0 aliphatic rings. The lowest BCUT2D eigenvalue weighted by molar-refractivity contribution is 1.27. The molecular formula is C10H6N4. The van der Waals surface area contributed by atoms with Gasteiger partial charge < -0.3 is 4.98 Å². The van der Waals surface area contributed by atoms with Gasteiger partial charge in [0.05, 0.1) is 12.5 Å². The number of aromatic amines is 1. The molecule has 0 saturated carbocycles. The number of hydrogen-bond acceptors (Lipinski definition) is 3. The maximum absolute atomic E-state index is 8.67. The Balaban J connectivity index is 3.24.